The summed E-state index contributed by atoms with van der Waals surface area (Å²) in [6.45, 7) is 0. The minimum absolute atomic E-state index is 0.697. The smallest absolute Gasteiger partial charge is 0.226 e. The van der Waals surface area contributed by atoms with Crippen molar-refractivity contribution in [2.45, 2.75) is 0 Å². The van der Waals surface area contributed by atoms with Gasteiger partial charge >= 0.3 is 0 Å². The lowest BCUT2D eigenvalue weighted by Crippen LogP contribution is -2.13. The highest BCUT2D eigenvalue weighted by Gasteiger charge is 2.03. The maximum atomic E-state index is 4.25. The number of aromatic nitrogens is 2. The molecule has 66 valence electrons. The second-order valence-corrected chi connectivity index (χ2v) is 3.37. The average molecular weight is 231 g/mol. The number of hydrogen-bond acceptors (Lipinski definition) is 4. The van der Waals surface area contributed by atoms with Crippen LogP contribution in [0.5, 0.6) is 0 Å². The highest BCUT2D eigenvalue weighted by Crippen LogP contribution is 2.19. The van der Waals surface area contributed by atoms with Crippen LogP contribution in [-0.4, -0.2) is 31.1 Å². The number of nitrogens with zero attached hydrogens (tertiary/aromatic N) is 3. The number of rotatable bonds is 2. The molecule has 0 radical (unpaired) electrons. The van der Waals surface area contributed by atoms with E-state index in [1.807, 2.05) is 26.0 Å². The molecule has 0 unspecified atom stereocenters. The van der Waals surface area contributed by atoms with Crippen LogP contribution in [0.4, 0.5) is 11.8 Å². The maximum absolute atomic E-state index is 4.25. The van der Waals surface area contributed by atoms with Crippen LogP contribution in [0.3, 0.4) is 0 Å². The summed E-state index contributed by atoms with van der Waals surface area (Å²) in [6, 6.07) is 0. The molecule has 4 nitrogen and oxygen atoms in total. The van der Waals surface area contributed by atoms with Gasteiger partial charge in [0.1, 0.15) is 5.82 Å². The van der Waals surface area contributed by atoms with E-state index in [-0.39, 0.29) is 0 Å². The van der Waals surface area contributed by atoms with Crippen molar-refractivity contribution in [2.75, 3.05) is 31.4 Å². The predicted octanol–water partition coefficient (Wildman–Crippen LogP) is 1.35. The Labute approximate surface area is 80.1 Å². The first-order valence-corrected chi connectivity index (χ1v) is 4.32. The van der Waals surface area contributed by atoms with Crippen LogP contribution in [-0.2, 0) is 0 Å². The van der Waals surface area contributed by atoms with E-state index in [0.29, 0.717) is 5.95 Å². The fourth-order valence-electron chi connectivity index (χ4n) is 0.749. The first kappa shape index (κ1) is 9.25. The Hall–Kier alpha value is -0.840. The summed E-state index contributed by atoms with van der Waals surface area (Å²) in [6.07, 6.45) is 1.73. The van der Waals surface area contributed by atoms with E-state index in [2.05, 4.69) is 31.2 Å². The third-order valence-corrected chi connectivity index (χ3v) is 1.95. The lowest BCUT2D eigenvalue weighted by atomic mass is 10.6. The first-order valence-electron chi connectivity index (χ1n) is 3.52. The largest absolute Gasteiger partial charge is 0.372 e. The van der Waals surface area contributed by atoms with Crippen molar-refractivity contribution in [3.63, 3.8) is 0 Å². The van der Waals surface area contributed by atoms with Crippen molar-refractivity contribution >= 4 is 27.7 Å². The monoisotopic (exact) mass is 230 g/mol. The highest BCUT2D eigenvalue weighted by atomic mass is 79.9. The normalized spacial score (nSPS) is 9.67. The van der Waals surface area contributed by atoms with Crippen LogP contribution < -0.4 is 10.2 Å². The number of nitrogens with one attached hydrogen (secondary N) is 1. The lowest BCUT2D eigenvalue weighted by Gasteiger charge is -2.11. The molecule has 0 spiro atoms. The molecule has 1 aromatic heterocycles. The minimum atomic E-state index is 0.697. The molecule has 0 saturated carbocycles. The van der Waals surface area contributed by atoms with Crippen molar-refractivity contribution in [2.24, 2.45) is 0 Å². The molecule has 0 aliphatic rings. The second kappa shape index (κ2) is 3.71. The lowest BCUT2D eigenvalue weighted by molar-refractivity contribution is 0.994. The zero-order chi connectivity index (χ0) is 9.14. The Morgan fingerprint density at radius 3 is 2.67 bits per heavy atom. The van der Waals surface area contributed by atoms with Gasteiger partial charge in [-0.1, -0.05) is 0 Å². The van der Waals surface area contributed by atoms with Crippen LogP contribution >= 0.6 is 15.9 Å². The molecule has 0 atom stereocenters. The molecule has 12 heavy (non-hydrogen) atoms. The van der Waals surface area contributed by atoms with E-state index in [1.54, 1.807) is 6.20 Å². The first-order chi connectivity index (χ1) is 5.65. The Morgan fingerprint density at radius 2 is 2.17 bits per heavy atom. The molecule has 0 aliphatic heterocycles. The zero-order valence-electron chi connectivity index (χ0n) is 7.30. The van der Waals surface area contributed by atoms with Crippen molar-refractivity contribution in [1.29, 1.82) is 0 Å². The molecule has 0 amide bonds. The minimum Gasteiger partial charge on any atom is -0.372 e. The van der Waals surface area contributed by atoms with Crippen LogP contribution in [0.1, 0.15) is 0 Å². The Balaban J connectivity index is 3.05. The molecular weight excluding hydrogens is 220 g/mol. The molecule has 1 N–H and O–H groups in total. The topological polar surface area (TPSA) is 41.1 Å². The van der Waals surface area contributed by atoms with E-state index >= 15 is 0 Å². The van der Waals surface area contributed by atoms with Crippen molar-refractivity contribution in [1.82, 2.24) is 9.97 Å². The molecule has 1 heterocycles. The third kappa shape index (κ3) is 1.85. The van der Waals surface area contributed by atoms with E-state index in [9.17, 15) is 0 Å². The number of hydrogen-bond donors (Lipinski definition) is 1. The van der Waals surface area contributed by atoms with Crippen molar-refractivity contribution in [3.8, 4) is 0 Å². The second-order valence-electron chi connectivity index (χ2n) is 2.51. The predicted molar refractivity (Wildman–Crippen MR) is 53.6 cm³/mol. The molecular formula is C7H11BrN4. The van der Waals surface area contributed by atoms with Gasteiger partial charge in [0, 0.05) is 27.3 Å². The van der Waals surface area contributed by atoms with Gasteiger partial charge in [0.25, 0.3) is 0 Å². The molecule has 0 aliphatic carbocycles. The Bertz CT molecular complexity index is 274. The van der Waals surface area contributed by atoms with Gasteiger partial charge in [-0.3, -0.25) is 0 Å². The van der Waals surface area contributed by atoms with Gasteiger partial charge in [-0.15, -0.1) is 0 Å². The van der Waals surface area contributed by atoms with E-state index < -0.39 is 0 Å². The molecule has 0 fully saturated rings. The summed E-state index contributed by atoms with van der Waals surface area (Å²) >= 11 is 3.33. The highest BCUT2D eigenvalue weighted by molar-refractivity contribution is 9.10. The summed E-state index contributed by atoms with van der Waals surface area (Å²) in [5, 5.41) is 2.97. The van der Waals surface area contributed by atoms with Crippen LogP contribution in [0, 0.1) is 0 Å². The maximum Gasteiger partial charge on any atom is 0.226 e. The van der Waals surface area contributed by atoms with Gasteiger partial charge in [-0.2, -0.15) is 4.98 Å². The number of anilines is 2. The molecule has 1 aromatic rings. The third-order valence-electron chi connectivity index (χ3n) is 1.37. The average Bonchev–Trinajstić information content (AvgIpc) is 2.05. The SMILES string of the molecule is CNc1nc(N(C)C)ncc1Br. The quantitative estimate of drug-likeness (QED) is 0.834. The molecule has 5 heteroatoms. The van der Waals surface area contributed by atoms with Crippen LogP contribution in [0.2, 0.25) is 0 Å². The molecule has 0 saturated heterocycles. The molecule has 0 bridgehead atoms. The summed E-state index contributed by atoms with van der Waals surface area (Å²) in [4.78, 5) is 10.2. The van der Waals surface area contributed by atoms with Gasteiger partial charge in [0.05, 0.1) is 4.47 Å². The summed E-state index contributed by atoms with van der Waals surface area (Å²) in [5.41, 5.74) is 0. The van der Waals surface area contributed by atoms with Crippen molar-refractivity contribution in [3.05, 3.63) is 10.7 Å². The van der Waals surface area contributed by atoms with Gasteiger partial charge in [0.2, 0.25) is 5.95 Å². The van der Waals surface area contributed by atoms with E-state index in [0.717, 1.165) is 10.3 Å². The fraction of sp³-hybridized carbons (Fsp3) is 0.429. The van der Waals surface area contributed by atoms with Gasteiger partial charge in [-0.05, 0) is 15.9 Å². The van der Waals surface area contributed by atoms with E-state index in [4.69, 9.17) is 0 Å². The number of halogens is 1. The molecule has 1 rings (SSSR count). The van der Waals surface area contributed by atoms with E-state index in [1.165, 1.54) is 0 Å². The van der Waals surface area contributed by atoms with Crippen LogP contribution in [0.25, 0.3) is 0 Å². The van der Waals surface area contributed by atoms with Crippen LogP contribution in [0.15, 0.2) is 10.7 Å². The van der Waals surface area contributed by atoms with Crippen molar-refractivity contribution < 1.29 is 0 Å². The zero-order valence-corrected chi connectivity index (χ0v) is 8.88. The summed E-state index contributed by atoms with van der Waals surface area (Å²) < 4.78 is 0.871. The van der Waals surface area contributed by atoms with Gasteiger partial charge in [-0.25, -0.2) is 4.98 Å². The van der Waals surface area contributed by atoms with Gasteiger partial charge in [0.15, 0.2) is 0 Å². The summed E-state index contributed by atoms with van der Waals surface area (Å²) in [7, 11) is 5.64. The Kier molecular flexibility index (Phi) is 2.86. The Morgan fingerprint density at radius 1 is 1.50 bits per heavy atom. The van der Waals surface area contributed by atoms with Gasteiger partial charge < -0.3 is 10.2 Å². The molecule has 0 aromatic carbocycles. The summed E-state index contributed by atoms with van der Waals surface area (Å²) in [5.74, 6) is 1.50. The fourth-order valence-corrected chi connectivity index (χ4v) is 1.14. The standard InChI is InChI=1S/C7H11BrN4/c1-9-6-5(8)4-10-7(11-6)12(2)3/h4H,1-3H3,(H,9,10,11).